The van der Waals surface area contributed by atoms with E-state index in [1.165, 1.54) is 18.2 Å². The number of fused-ring (bicyclic) bond motifs is 1. The van der Waals surface area contributed by atoms with E-state index in [0.29, 0.717) is 34.1 Å². The van der Waals surface area contributed by atoms with Gasteiger partial charge in [-0.05, 0) is 59.1 Å². The van der Waals surface area contributed by atoms with Gasteiger partial charge in [-0.25, -0.2) is 0 Å². The molecule has 1 aromatic heterocycles. The van der Waals surface area contributed by atoms with Gasteiger partial charge in [-0.1, -0.05) is 6.07 Å². The molecule has 4 rings (SSSR count). The number of halogens is 3. The van der Waals surface area contributed by atoms with Crippen molar-refractivity contribution in [2.75, 3.05) is 18.5 Å². The van der Waals surface area contributed by atoms with Crippen LogP contribution in [-0.2, 0) is 15.0 Å². The first-order valence-corrected chi connectivity index (χ1v) is 13.1. The highest BCUT2D eigenvalue weighted by molar-refractivity contribution is 9.10. The molecule has 0 aliphatic carbocycles. The van der Waals surface area contributed by atoms with Gasteiger partial charge in [-0.15, -0.1) is 11.3 Å². The van der Waals surface area contributed by atoms with Crippen molar-refractivity contribution in [1.82, 2.24) is 0 Å². The lowest BCUT2D eigenvalue weighted by Crippen LogP contribution is -2.16. The summed E-state index contributed by atoms with van der Waals surface area (Å²) < 4.78 is 51.2. The lowest BCUT2D eigenvalue weighted by atomic mass is 10.1. The third-order valence-electron chi connectivity index (χ3n) is 5.08. The topological polar surface area (TPSA) is 105 Å². The van der Waals surface area contributed by atoms with Crippen LogP contribution in [0.2, 0.25) is 0 Å². The van der Waals surface area contributed by atoms with Crippen LogP contribution in [0.25, 0.3) is 10.1 Å². The Hall–Kier alpha value is -1.88. The molecule has 7 nitrogen and oxygen atoms in total. The molecular weight excluding hydrogens is 543 g/mol. The quantitative estimate of drug-likeness (QED) is 0.319. The van der Waals surface area contributed by atoms with Gasteiger partial charge in [0, 0.05) is 38.5 Å². The molecule has 33 heavy (non-hydrogen) atoms. The van der Waals surface area contributed by atoms with Gasteiger partial charge in [0.1, 0.15) is 17.2 Å². The summed E-state index contributed by atoms with van der Waals surface area (Å²) in [5, 5.41) is 2.99. The van der Waals surface area contributed by atoms with Crippen molar-refractivity contribution in [3.63, 3.8) is 0 Å². The molecule has 0 spiro atoms. The van der Waals surface area contributed by atoms with E-state index < -0.39 is 24.0 Å². The van der Waals surface area contributed by atoms with E-state index in [1.807, 2.05) is 0 Å². The number of thiophene rings is 1. The van der Waals surface area contributed by atoms with E-state index >= 15 is 0 Å². The number of carbonyl (C=O) groups is 1. The molecule has 1 atom stereocenters. The third-order valence-corrected chi connectivity index (χ3v) is 8.51. The number of amides is 1. The molecule has 1 amide bonds. The normalized spacial score (nSPS) is 16.8. The fourth-order valence-corrected chi connectivity index (χ4v) is 6.29. The van der Waals surface area contributed by atoms with Crippen LogP contribution in [0.15, 0.2) is 46.9 Å². The molecule has 0 radical (unpaired) electrons. The Balaban J connectivity index is 1.52. The number of anilines is 1. The van der Waals surface area contributed by atoms with Gasteiger partial charge in [-0.2, -0.15) is 8.78 Å². The van der Waals surface area contributed by atoms with Crippen molar-refractivity contribution in [2.24, 2.45) is 0 Å². The van der Waals surface area contributed by atoms with Crippen LogP contribution in [0, 0.1) is 0 Å². The minimum Gasteiger partial charge on any atom is -0.491 e. The van der Waals surface area contributed by atoms with Gasteiger partial charge in [0.05, 0.1) is 6.10 Å². The molecule has 0 bridgehead atoms. The summed E-state index contributed by atoms with van der Waals surface area (Å²) in [6.07, 6.45) is 2.01. The fourth-order valence-electron chi connectivity index (χ4n) is 3.37. The number of carbonyl (C=O) groups excluding carboxylic acids is 1. The number of rotatable bonds is 7. The molecule has 1 fully saturated rings. The van der Waals surface area contributed by atoms with Crippen molar-refractivity contribution in [1.29, 1.82) is 0 Å². The minimum absolute atomic E-state index is 0.0573. The van der Waals surface area contributed by atoms with E-state index in [-0.39, 0.29) is 21.5 Å². The summed E-state index contributed by atoms with van der Waals surface area (Å²) >= 11 is 3.57. The molecule has 1 aliphatic rings. The summed E-state index contributed by atoms with van der Waals surface area (Å²) in [5.41, 5.74) is -3.66. The Kier molecular flexibility index (Phi) is 6.91. The lowest BCUT2D eigenvalue weighted by molar-refractivity contribution is 0.0595. The van der Waals surface area contributed by atoms with Crippen LogP contribution in [0.5, 0.6) is 5.75 Å². The predicted molar refractivity (Wildman–Crippen MR) is 124 cm³/mol. The Morgan fingerprint density at radius 1 is 1.30 bits per heavy atom. The maximum atomic E-state index is 14.2. The maximum Gasteiger partial charge on any atom is 0.400 e. The standard InChI is InChI=1S/C21H19BrF2NO6PS/c22-18-16-9-12(6-7-17(16)33-19(18)21(23,24)32(27,28)29)20(26)25-13-3-1-4-14(10-13)31-11-15-5-2-8-30-15/h1,3-4,6-7,9-10,15H,2,5,8,11H2,(H,25,26)(H2,27,28,29). The summed E-state index contributed by atoms with van der Waals surface area (Å²) in [4.78, 5) is 30.0. The molecule has 3 N–H and O–H groups in total. The first-order chi connectivity index (χ1) is 15.6. The van der Waals surface area contributed by atoms with Crippen molar-refractivity contribution in [3.8, 4) is 5.75 Å². The Bertz CT molecular complexity index is 1240. The molecule has 2 heterocycles. The zero-order valence-corrected chi connectivity index (χ0v) is 20.3. The molecule has 3 aromatic rings. The smallest absolute Gasteiger partial charge is 0.400 e. The van der Waals surface area contributed by atoms with Crippen LogP contribution >= 0.6 is 34.9 Å². The summed E-state index contributed by atoms with van der Waals surface area (Å²) in [5.74, 6) is 0.0956. The molecule has 1 unspecified atom stereocenters. The van der Waals surface area contributed by atoms with E-state index in [1.54, 1.807) is 24.3 Å². The van der Waals surface area contributed by atoms with Crippen molar-refractivity contribution >= 4 is 56.5 Å². The van der Waals surface area contributed by atoms with Crippen LogP contribution in [0.1, 0.15) is 28.1 Å². The highest BCUT2D eigenvalue weighted by Gasteiger charge is 2.53. The first-order valence-electron chi connectivity index (χ1n) is 9.88. The van der Waals surface area contributed by atoms with E-state index in [4.69, 9.17) is 19.3 Å². The van der Waals surface area contributed by atoms with Crippen molar-refractivity contribution in [3.05, 3.63) is 57.4 Å². The van der Waals surface area contributed by atoms with Crippen molar-refractivity contribution < 1.29 is 37.4 Å². The molecule has 176 valence electrons. The highest BCUT2D eigenvalue weighted by Crippen LogP contribution is 2.62. The van der Waals surface area contributed by atoms with E-state index in [9.17, 15) is 18.1 Å². The lowest BCUT2D eigenvalue weighted by Gasteiger charge is -2.16. The van der Waals surface area contributed by atoms with Crippen LogP contribution in [-0.4, -0.2) is 35.0 Å². The zero-order chi connectivity index (χ0) is 23.8. The van der Waals surface area contributed by atoms with Gasteiger partial charge in [-0.3, -0.25) is 9.36 Å². The second-order valence-electron chi connectivity index (χ2n) is 7.47. The number of alkyl halides is 2. The third kappa shape index (κ3) is 5.13. The molecule has 1 aliphatic heterocycles. The molecule has 0 saturated carbocycles. The predicted octanol–water partition coefficient (Wildman–Crippen LogP) is 5.70. The molecule has 12 heteroatoms. The largest absolute Gasteiger partial charge is 0.491 e. The van der Waals surface area contributed by atoms with Gasteiger partial charge in [0.15, 0.2) is 0 Å². The van der Waals surface area contributed by atoms with Crippen LogP contribution in [0.4, 0.5) is 14.5 Å². The number of benzene rings is 2. The Morgan fingerprint density at radius 3 is 2.79 bits per heavy atom. The average Bonchev–Trinajstić information content (AvgIpc) is 3.40. The van der Waals surface area contributed by atoms with E-state index in [0.717, 1.165) is 19.4 Å². The van der Waals surface area contributed by atoms with Crippen LogP contribution < -0.4 is 10.1 Å². The Morgan fingerprint density at radius 2 is 2.09 bits per heavy atom. The SMILES string of the molecule is O=C(Nc1cccc(OCC2CCCO2)c1)c1ccc2sc(C(F)(F)P(=O)(O)O)c(Br)c2c1. The number of ether oxygens (including phenoxy) is 2. The molecule has 2 aromatic carbocycles. The summed E-state index contributed by atoms with van der Waals surface area (Å²) in [7, 11) is -5.72. The number of hydrogen-bond acceptors (Lipinski definition) is 5. The van der Waals surface area contributed by atoms with Gasteiger partial charge in [0.2, 0.25) is 0 Å². The van der Waals surface area contributed by atoms with Gasteiger partial charge >= 0.3 is 13.3 Å². The number of nitrogens with one attached hydrogen (secondary N) is 1. The monoisotopic (exact) mass is 561 g/mol. The highest BCUT2D eigenvalue weighted by atomic mass is 79.9. The Labute approximate surface area is 200 Å². The summed E-state index contributed by atoms with van der Waals surface area (Å²) in [6.45, 7) is 1.15. The number of hydrogen-bond donors (Lipinski definition) is 3. The van der Waals surface area contributed by atoms with E-state index in [2.05, 4.69) is 21.2 Å². The van der Waals surface area contributed by atoms with Gasteiger partial charge < -0.3 is 24.6 Å². The zero-order valence-electron chi connectivity index (χ0n) is 17.0. The van der Waals surface area contributed by atoms with Crippen molar-refractivity contribution in [2.45, 2.75) is 24.6 Å². The minimum atomic E-state index is -5.72. The second-order valence-corrected chi connectivity index (χ2v) is 11.0. The first kappa shape index (κ1) is 24.3. The van der Waals surface area contributed by atoms with Gasteiger partial charge in [0.25, 0.3) is 5.91 Å². The molecule has 1 saturated heterocycles. The maximum absolute atomic E-state index is 14.2. The molecular formula is C21H19BrF2NO6PS. The average molecular weight is 562 g/mol. The second kappa shape index (κ2) is 9.40. The fraction of sp³-hybridized carbons (Fsp3) is 0.286. The van der Waals surface area contributed by atoms with Crippen LogP contribution in [0.3, 0.4) is 0 Å². The summed E-state index contributed by atoms with van der Waals surface area (Å²) in [6, 6.07) is 11.2.